The number of hydrogen-bond donors (Lipinski definition) is 2. The third kappa shape index (κ3) is 5.58. The zero-order valence-corrected chi connectivity index (χ0v) is 14.4. The molecule has 0 bridgehead atoms. The normalized spacial score (nSPS) is 17.2. The van der Waals surface area contributed by atoms with E-state index in [0.29, 0.717) is 12.0 Å². The second kappa shape index (κ2) is 7.99. The number of likely N-dealkylation sites (tertiary alicyclic amines) is 1. The van der Waals surface area contributed by atoms with E-state index < -0.39 is 0 Å². The van der Waals surface area contributed by atoms with Crippen molar-refractivity contribution in [2.45, 2.75) is 33.7 Å². The van der Waals surface area contributed by atoms with E-state index in [2.05, 4.69) is 34.4 Å². The van der Waals surface area contributed by atoms with Crippen molar-refractivity contribution < 1.29 is 4.79 Å². The Bertz CT molecular complexity index is 539. The summed E-state index contributed by atoms with van der Waals surface area (Å²) in [5.74, 6) is 0.788. The molecule has 1 aliphatic heterocycles. The van der Waals surface area contributed by atoms with E-state index >= 15 is 0 Å². The standard InChI is InChI=1S/C18H28N4O/c1-4-19-17(22-11-10-18(2,3)14-22)21-13-16(23)20-12-15-8-6-5-7-9-15/h5-9H,4,10-14H2,1-3H3,(H,19,21)(H,20,23). The van der Waals surface area contributed by atoms with Gasteiger partial charge in [-0.2, -0.15) is 0 Å². The van der Waals surface area contributed by atoms with Crippen LogP contribution in [0.5, 0.6) is 0 Å². The molecule has 2 N–H and O–H groups in total. The van der Waals surface area contributed by atoms with Crippen molar-refractivity contribution in [2.75, 3.05) is 26.2 Å². The summed E-state index contributed by atoms with van der Waals surface area (Å²) in [4.78, 5) is 18.7. The summed E-state index contributed by atoms with van der Waals surface area (Å²) < 4.78 is 0. The van der Waals surface area contributed by atoms with Gasteiger partial charge < -0.3 is 15.5 Å². The van der Waals surface area contributed by atoms with Gasteiger partial charge in [0.2, 0.25) is 5.91 Å². The number of amides is 1. The minimum Gasteiger partial charge on any atom is -0.357 e. The highest BCUT2D eigenvalue weighted by Gasteiger charge is 2.30. The van der Waals surface area contributed by atoms with Crippen LogP contribution in [0.3, 0.4) is 0 Å². The van der Waals surface area contributed by atoms with Gasteiger partial charge in [0.05, 0.1) is 0 Å². The minimum absolute atomic E-state index is 0.0530. The van der Waals surface area contributed by atoms with Crippen molar-refractivity contribution in [1.29, 1.82) is 0 Å². The predicted molar refractivity (Wildman–Crippen MR) is 94.2 cm³/mol. The van der Waals surface area contributed by atoms with Crippen LogP contribution in [-0.4, -0.2) is 42.9 Å². The van der Waals surface area contributed by atoms with E-state index in [0.717, 1.165) is 37.6 Å². The number of rotatable bonds is 5. The van der Waals surface area contributed by atoms with Crippen LogP contribution in [0.4, 0.5) is 0 Å². The lowest BCUT2D eigenvalue weighted by Crippen LogP contribution is -2.41. The molecule has 1 heterocycles. The molecule has 2 rings (SSSR count). The lowest BCUT2D eigenvalue weighted by molar-refractivity contribution is -0.119. The lowest BCUT2D eigenvalue weighted by atomic mass is 9.93. The van der Waals surface area contributed by atoms with Gasteiger partial charge >= 0.3 is 0 Å². The Labute approximate surface area is 139 Å². The Balaban J connectivity index is 1.86. The van der Waals surface area contributed by atoms with Crippen LogP contribution in [0, 0.1) is 5.41 Å². The van der Waals surface area contributed by atoms with Gasteiger partial charge in [0.1, 0.15) is 6.54 Å². The number of benzene rings is 1. The van der Waals surface area contributed by atoms with Gasteiger partial charge in [-0.3, -0.25) is 4.79 Å². The second-order valence-electron chi connectivity index (χ2n) is 6.77. The Kier molecular flexibility index (Phi) is 6.02. The quantitative estimate of drug-likeness (QED) is 0.645. The summed E-state index contributed by atoms with van der Waals surface area (Å²) in [6, 6.07) is 9.91. The third-order valence-electron chi connectivity index (χ3n) is 4.02. The first kappa shape index (κ1) is 17.3. The van der Waals surface area contributed by atoms with Crippen molar-refractivity contribution in [2.24, 2.45) is 10.4 Å². The Morgan fingerprint density at radius 1 is 1.26 bits per heavy atom. The molecule has 23 heavy (non-hydrogen) atoms. The summed E-state index contributed by atoms with van der Waals surface area (Å²) in [6.07, 6.45) is 1.15. The first-order valence-corrected chi connectivity index (χ1v) is 8.34. The summed E-state index contributed by atoms with van der Waals surface area (Å²) in [5, 5.41) is 6.20. The number of aliphatic imine (C=N–C) groups is 1. The molecule has 0 radical (unpaired) electrons. The fourth-order valence-corrected chi connectivity index (χ4v) is 2.72. The molecule has 126 valence electrons. The van der Waals surface area contributed by atoms with E-state index in [4.69, 9.17) is 0 Å². The molecule has 5 nitrogen and oxygen atoms in total. The van der Waals surface area contributed by atoms with Crippen LogP contribution in [0.15, 0.2) is 35.3 Å². The molecule has 1 aromatic rings. The van der Waals surface area contributed by atoms with Gasteiger partial charge in [-0.1, -0.05) is 44.2 Å². The predicted octanol–water partition coefficient (Wildman–Crippen LogP) is 2.00. The first-order valence-electron chi connectivity index (χ1n) is 8.34. The molecule has 0 spiro atoms. The molecular formula is C18H28N4O. The van der Waals surface area contributed by atoms with Gasteiger partial charge in [-0.05, 0) is 24.3 Å². The van der Waals surface area contributed by atoms with Gasteiger partial charge in [-0.15, -0.1) is 0 Å². The van der Waals surface area contributed by atoms with Crippen molar-refractivity contribution in [3.63, 3.8) is 0 Å². The molecule has 1 fully saturated rings. The number of nitrogens with zero attached hydrogens (tertiary/aromatic N) is 2. The molecule has 0 atom stereocenters. The Hall–Kier alpha value is -2.04. The molecule has 1 amide bonds. The SMILES string of the molecule is CCNC(=NCC(=O)NCc1ccccc1)N1CCC(C)(C)C1. The van der Waals surface area contributed by atoms with Crippen molar-refractivity contribution in [3.05, 3.63) is 35.9 Å². The molecule has 1 aliphatic rings. The Morgan fingerprint density at radius 2 is 2.00 bits per heavy atom. The van der Waals surface area contributed by atoms with E-state index in [1.54, 1.807) is 0 Å². The topological polar surface area (TPSA) is 56.7 Å². The summed E-state index contributed by atoms with van der Waals surface area (Å²) in [7, 11) is 0. The number of nitrogens with one attached hydrogen (secondary N) is 2. The first-order chi connectivity index (χ1) is 11.0. The third-order valence-corrected chi connectivity index (χ3v) is 4.02. The fraction of sp³-hybridized carbons (Fsp3) is 0.556. The van der Waals surface area contributed by atoms with Gasteiger partial charge in [-0.25, -0.2) is 4.99 Å². The summed E-state index contributed by atoms with van der Waals surface area (Å²) in [6.45, 7) is 10.1. The molecule has 0 aliphatic carbocycles. The van der Waals surface area contributed by atoms with Crippen LogP contribution >= 0.6 is 0 Å². The minimum atomic E-state index is -0.0530. The van der Waals surface area contributed by atoms with Crippen LogP contribution < -0.4 is 10.6 Å². The number of hydrogen-bond acceptors (Lipinski definition) is 2. The van der Waals surface area contributed by atoms with E-state index in [-0.39, 0.29) is 12.5 Å². The van der Waals surface area contributed by atoms with Gasteiger partial charge in [0.25, 0.3) is 0 Å². The monoisotopic (exact) mass is 316 g/mol. The molecule has 0 unspecified atom stereocenters. The van der Waals surface area contributed by atoms with Crippen molar-refractivity contribution in [1.82, 2.24) is 15.5 Å². The number of carbonyl (C=O) groups excluding carboxylic acids is 1. The highest BCUT2D eigenvalue weighted by atomic mass is 16.1. The largest absolute Gasteiger partial charge is 0.357 e. The van der Waals surface area contributed by atoms with E-state index in [9.17, 15) is 4.79 Å². The number of guanidine groups is 1. The maximum absolute atomic E-state index is 12.0. The Morgan fingerprint density at radius 3 is 2.61 bits per heavy atom. The van der Waals surface area contributed by atoms with Crippen LogP contribution in [0.25, 0.3) is 0 Å². The average Bonchev–Trinajstić information content (AvgIpc) is 2.90. The van der Waals surface area contributed by atoms with Crippen molar-refractivity contribution in [3.8, 4) is 0 Å². The maximum atomic E-state index is 12.0. The maximum Gasteiger partial charge on any atom is 0.242 e. The molecule has 0 saturated carbocycles. The highest BCUT2D eigenvalue weighted by Crippen LogP contribution is 2.28. The molecular weight excluding hydrogens is 288 g/mol. The molecule has 1 aromatic carbocycles. The van der Waals surface area contributed by atoms with Gasteiger partial charge in [0.15, 0.2) is 5.96 Å². The van der Waals surface area contributed by atoms with Crippen LogP contribution in [0.1, 0.15) is 32.8 Å². The van der Waals surface area contributed by atoms with E-state index in [1.807, 2.05) is 37.3 Å². The van der Waals surface area contributed by atoms with Crippen LogP contribution in [0.2, 0.25) is 0 Å². The fourth-order valence-electron chi connectivity index (χ4n) is 2.72. The average molecular weight is 316 g/mol. The summed E-state index contributed by atoms with van der Waals surface area (Å²) >= 11 is 0. The van der Waals surface area contributed by atoms with Gasteiger partial charge in [0, 0.05) is 26.2 Å². The van der Waals surface area contributed by atoms with E-state index in [1.165, 1.54) is 0 Å². The second-order valence-corrected chi connectivity index (χ2v) is 6.77. The summed E-state index contributed by atoms with van der Waals surface area (Å²) in [5.41, 5.74) is 1.41. The number of carbonyl (C=O) groups is 1. The lowest BCUT2D eigenvalue weighted by Gasteiger charge is -2.23. The molecule has 1 saturated heterocycles. The van der Waals surface area contributed by atoms with Crippen LogP contribution in [-0.2, 0) is 11.3 Å². The van der Waals surface area contributed by atoms with Crippen molar-refractivity contribution >= 4 is 11.9 Å². The highest BCUT2D eigenvalue weighted by molar-refractivity contribution is 5.85. The molecule has 5 heteroatoms. The zero-order valence-electron chi connectivity index (χ0n) is 14.4. The smallest absolute Gasteiger partial charge is 0.242 e. The molecule has 0 aromatic heterocycles. The zero-order chi connectivity index (χ0) is 16.7.